The SMILES string of the molecule is Cn1c(=O)c2ccccc2n2c(COC(=O)C3(c4cccc(Cl)c4)CCCCC3)nnc12. The number of hydrogen-bond donors (Lipinski definition) is 0. The summed E-state index contributed by atoms with van der Waals surface area (Å²) in [6.45, 7) is -0.0372. The van der Waals surface area contributed by atoms with E-state index in [0.717, 1.165) is 37.7 Å². The predicted molar refractivity (Wildman–Crippen MR) is 122 cm³/mol. The summed E-state index contributed by atoms with van der Waals surface area (Å²) in [6, 6.07) is 14.8. The quantitative estimate of drug-likeness (QED) is 0.436. The smallest absolute Gasteiger partial charge is 0.317 e. The molecule has 2 aromatic carbocycles. The summed E-state index contributed by atoms with van der Waals surface area (Å²) in [6.07, 6.45) is 4.48. The fraction of sp³-hybridized carbons (Fsp3) is 0.333. The summed E-state index contributed by atoms with van der Waals surface area (Å²) in [5.41, 5.74) is 0.724. The number of benzene rings is 2. The van der Waals surface area contributed by atoms with Gasteiger partial charge in [-0.2, -0.15) is 0 Å². The summed E-state index contributed by atoms with van der Waals surface area (Å²) < 4.78 is 9.09. The zero-order chi connectivity index (χ0) is 22.3. The van der Waals surface area contributed by atoms with Gasteiger partial charge in [-0.1, -0.05) is 55.1 Å². The van der Waals surface area contributed by atoms with Crippen molar-refractivity contribution in [3.05, 3.63) is 75.3 Å². The molecule has 5 rings (SSSR count). The maximum Gasteiger partial charge on any atom is 0.317 e. The minimum atomic E-state index is -0.710. The first-order valence-electron chi connectivity index (χ1n) is 10.8. The molecule has 1 saturated carbocycles. The molecule has 0 radical (unpaired) electrons. The maximum absolute atomic E-state index is 13.5. The van der Waals surface area contributed by atoms with Crippen LogP contribution in [0.25, 0.3) is 16.7 Å². The van der Waals surface area contributed by atoms with Crippen molar-refractivity contribution in [3.63, 3.8) is 0 Å². The predicted octanol–water partition coefficient (Wildman–Crippen LogP) is 4.18. The fourth-order valence-electron chi connectivity index (χ4n) is 4.81. The second-order valence-corrected chi connectivity index (χ2v) is 8.80. The molecule has 0 unspecified atom stereocenters. The van der Waals surface area contributed by atoms with E-state index in [1.807, 2.05) is 42.5 Å². The monoisotopic (exact) mass is 450 g/mol. The largest absolute Gasteiger partial charge is 0.457 e. The van der Waals surface area contributed by atoms with Gasteiger partial charge in [-0.25, -0.2) is 0 Å². The maximum atomic E-state index is 13.5. The Morgan fingerprint density at radius 1 is 1.09 bits per heavy atom. The lowest BCUT2D eigenvalue weighted by Crippen LogP contribution is -2.39. The van der Waals surface area contributed by atoms with Crippen molar-refractivity contribution in [2.24, 2.45) is 7.05 Å². The molecule has 0 bridgehead atoms. The lowest BCUT2D eigenvalue weighted by molar-refractivity contribution is -0.154. The molecule has 0 N–H and O–H groups in total. The van der Waals surface area contributed by atoms with Crippen LogP contribution in [0.1, 0.15) is 43.5 Å². The highest BCUT2D eigenvalue weighted by atomic mass is 35.5. The topological polar surface area (TPSA) is 78.5 Å². The van der Waals surface area contributed by atoms with Crippen LogP contribution in [-0.2, 0) is 28.6 Å². The van der Waals surface area contributed by atoms with Crippen molar-refractivity contribution >= 4 is 34.3 Å². The van der Waals surface area contributed by atoms with Crippen LogP contribution < -0.4 is 5.56 Å². The van der Waals surface area contributed by atoms with Gasteiger partial charge < -0.3 is 4.74 Å². The molecule has 32 heavy (non-hydrogen) atoms. The van der Waals surface area contributed by atoms with Gasteiger partial charge >= 0.3 is 5.97 Å². The van der Waals surface area contributed by atoms with Gasteiger partial charge in [0, 0.05) is 12.1 Å². The Hall–Kier alpha value is -3.19. The normalized spacial score (nSPS) is 15.8. The molecule has 0 aliphatic heterocycles. The van der Waals surface area contributed by atoms with E-state index in [2.05, 4.69) is 10.2 Å². The van der Waals surface area contributed by atoms with Gasteiger partial charge in [0.2, 0.25) is 5.78 Å². The molecule has 1 fully saturated rings. The minimum Gasteiger partial charge on any atom is -0.457 e. The first-order chi connectivity index (χ1) is 15.5. The van der Waals surface area contributed by atoms with E-state index in [1.165, 1.54) is 4.57 Å². The molecule has 0 spiro atoms. The third kappa shape index (κ3) is 3.28. The minimum absolute atomic E-state index is 0.0372. The number of halogens is 1. The summed E-state index contributed by atoms with van der Waals surface area (Å²) in [5, 5.41) is 9.56. The van der Waals surface area contributed by atoms with Crippen molar-refractivity contribution in [2.45, 2.75) is 44.1 Å². The van der Waals surface area contributed by atoms with Gasteiger partial charge in [0.1, 0.15) is 0 Å². The highest BCUT2D eigenvalue weighted by molar-refractivity contribution is 6.30. The van der Waals surface area contributed by atoms with E-state index in [0.29, 0.717) is 27.5 Å². The molecule has 8 heteroatoms. The number of carbonyl (C=O) groups excluding carboxylic acids is 1. The van der Waals surface area contributed by atoms with Crippen molar-refractivity contribution < 1.29 is 9.53 Å². The Labute approximate surface area is 189 Å². The molecular weight excluding hydrogens is 428 g/mol. The molecule has 0 saturated heterocycles. The highest BCUT2D eigenvalue weighted by Crippen LogP contribution is 2.41. The third-order valence-electron chi connectivity index (χ3n) is 6.50. The summed E-state index contributed by atoms with van der Waals surface area (Å²) >= 11 is 6.24. The first-order valence-corrected chi connectivity index (χ1v) is 11.1. The lowest BCUT2D eigenvalue weighted by Gasteiger charge is -2.35. The van der Waals surface area contributed by atoms with E-state index in [4.69, 9.17) is 16.3 Å². The van der Waals surface area contributed by atoms with E-state index >= 15 is 0 Å². The first kappa shape index (κ1) is 20.7. The Kier molecular flexibility index (Phi) is 5.21. The molecule has 7 nitrogen and oxygen atoms in total. The van der Waals surface area contributed by atoms with Gasteiger partial charge in [-0.15, -0.1) is 10.2 Å². The fourth-order valence-corrected chi connectivity index (χ4v) is 5.00. The molecule has 4 aromatic rings. The second kappa shape index (κ2) is 8.06. The van der Waals surface area contributed by atoms with E-state index in [-0.39, 0.29) is 18.1 Å². The van der Waals surface area contributed by atoms with Crippen LogP contribution in [0.5, 0.6) is 0 Å². The lowest BCUT2D eigenvalue weighted by atomic mass is 9.69. The Balaban J connectivity index is 1.51. The number of ether oxygens (including phenoxy) is 1. The highest BCUT2D eigenvalue weighted by Gasteiger charge is 2.43. The standard InChI is InChI=1S/C24H23ClN4O3/c1-28-21(30)18-10-3-4-11-19(18)29-20(26-27-23(28)29)15-32-22(31)24(12-5-2-6-13-24)16-8-7-9-17(25)14-16/h3-4,7-11,14H,2,5-6,12-13,15H2,1H3. The number of hydrogen-bond acceptors (Lipinski definition) is 5. The van der Waals surface area contributed by atoms with E-state index in [9.17, 15) is 9.59 Å². The summed E-state index contributed by atoms with van der Waals surface area (Å²) in [4.78, 5) is 26.1. The van der Waals surface area contributed by atoms with Gasteiger partial charge in [-0.3, -0.25) is 18.6 Å². The van der Waals surface area contributed by atoms with Crippen LogP contribution in [0.4, 0.5) is 0 Å². The molecule has 1 aliphatic carbocycles. The number of aryl methyl sites for hydroxylation is 1. The number of carbonyl (C=O) groups is 1. The average Bonchev–Trinajstić information content (AvgIpc) is 3.25. The van der Waals surface area contributed by atoms with Gasteiger partial charge in [0.15, 0.2) is 12.4 Å². The molecule has 1 aliphatic rings. The van der Waals surface area contributed by atoms with Gasteiger partial charge in [0.05, 0.1) is 16.3 Å². The number of fused-ring (bicyclic) bond motifs is 3. The van der Waals surface area contributed by atoms with E-state index < -0.39 is 5.41 Å². The van der Waals surface area contributed by atoms with Crippen molar-refractivity contribution in [1.29, 1.82) is 0 Å². The zero-order valence-electron chi connectivity index (χ0n) is 17.8. The molecule has 164 valence electrons. The second-order valence-electron chi connectivity index (χ2n) is 8.36. The number of esters is 1. The van der Waals surface area contributed by atoms with Crippen LogP contribution in [0.3, 0.4) is 0 Å². The van der Waals surface area contributed by atoms with E-state index in [1.54, 1.807) is 17.5 Å². The van der Waals surface area contributed by atoms with Crippen molar-refractivity contribution in [2.75, 3.05) is 0 Å². The molecule has 0 amide bonds. The van der Waals surface area contributed by atoms with Gasteiger partial charge in [-0.05, 0) is 42.7 Å². The van der Waals surface area contributed by atoms with Gasteiger partial charge in [0.25, 0.3) is 5.56 Å². The number of rotatable bonds is 4. The van der Waals surface area contributed by atoms with Crippen LogP contribution in [0.15, 0.2) is 53.3 Å². The zero-order valence-corrected chi connectivity index (χ0v) is 18.5. The number of nitrogens with zero attached hydrogens (tertiary/aromatic N) is 4. The number of para-hydroxylation sites is 1. The summed E-state index contributed by atoms with van der Waals surface area (Å²) in [7, 11) is 1.66. The van der Waals surface area contributed by atoms with Crippen molar-refractivity contribution in [1.82, 2.24) is 19.2 Å². The number of aromatic nitrogens is 4. The third-order valence-corrected chi connectivity index (χ3v) is 6.74. The Morgan fingerprint density at radius 3 is 2.66 bits per heavy atom. The Bertz CT molecular complexity index is 1390. The van der Waals surface area contributed by atoms with Crippen LogP contribution in [0, 0.1) is 0 Å². The average molecular weight is 451 g/mol. The summed E-state index contributed by atoms with van der Waals surface area (Å²) in [5.74, 6) is 0.601. The molecule has 0 atom stereocenters. The Morgan fingerprint density at radius 2 is 1.88 bits per heavy atom. The van der Waals surface area contributed by atoms with Crippen molar-refractivity contribution in [3.8, 4) is 0 Å². The molecule has 2 aromatic heterocycles. The van der Waals surface area contributed by atoms with Crippen LogP contribution >= 0.6 is 11.6 Å². The molecule has 2 heterocycles. The van der Waals surface area contributed by atoms with Crippen LogP contribution in [-0.4, -0.2) is 25.1 Å². The molecular formula is C24H23ClN4O3. The van der Waals surface area contributed by atoms with Crippen LogP contribution in [0.2, 0.25) is 5.02 Å².